The number of hydrogen-bond acceptors (Lipinski definition) is 2. The van der Waals surface area contributed by atoms with Crippen LogP contribution in [0.15, 0.2) is 18.2 Å². The number of rotatable bonds is 6. The molecule has 0 bridgehead atoms. The van der Waals surface area contributed by atoms with Gasteiger partial charge in [0.2, 0.25) is 0 Å². The summed E-state index contributed by atoms with van der Waals surface area (Å²) in [5.41, 5.74) is 5.96. The minimum absolute atomic E-state index is 0.768. The van der Waals surface area contributed by atoms with Gasteiger partial charge in [-0.05, 0) is 62.6 Å². The van der Waals surface area contributed by atoms with Gasteiger partial charge in [0.05, 0.1) is 11.4 Å². The molecule has 21 heavy (non-hydrogen) atoms. The molecule has 0 aliphatic rings. The Labute approximate surface area is 132 Å². The second-order valence-electron chi connectivity index (χ2n) is 5.36. The molecule has 4 heteroatoms. The minimum atomic E-state index is 0.768. The Kier molecular flexibility index (Phi) is 5.43. The smallest absolute Gasteiger partial charge is 0.0694 e. The van der Waals surface area contributed by atoms with Crippen LogP contribution in [0.2, 0.25) is 5.02 Å². The fourth-order valence-corrected chi connectivity index (χ4v) is 2.92. The molecule has 1 aromatic heterocycles. The van der Waals surface area contributed by atoms with Gasteiger partial charge >= 0.3 is 0 Å². The summed E-state index contributed by atoms with van der Waals surface area (Å²) in [4.78, 5) is 0. The lowest BCUT2D eigenvalue weighted by Crippen LogP contribution is -2.16. The zero-order chi connectivity index (χ0) is 15.4. The molecule has 0 spiro atoms. The molecular weight excluding hydrogens is 282 g/mol. The molecule has 0 unspecified atom stereocenters. The molecule has 0 fully saturated rings. The van der Waals surface area contributed by atoms with Crippen molar-refractivity contribution >= 4 is 11.6 Å². The predicted molar refractivity (Wildman–Crippen MR) is 89.4 cm³/mol. The Morgan fingerprint density at radius 2 is 2.00 bits per heavy atom. The second kappa shape index (κ2) is 7.10. The maximum Gasteiger partial charge on any atom is 0.0694 e. The topological polar surface area (TPSA) is 29.9 Å². The zero-order valence-electron chi connectivity index (χ0n) is 13.3. The number of benzene rings is 1. The maximum atomic E-state index is 6.16. The van der Waals surface area contributed by atoms with E-state index in [9.17, 15) is 0 Å². The van der Waals surface area contributed by atoms with Crippen molar-refractivity contribution in [1.29, 1.82) is 0 Å². The number of halogens is 1. The highest BCUT2D eigenvalue weighted by Crippen LogP contribution is 2.23. The van der Waals surface area contributed by atoms with Gasteiger partial charge in [-0.1, -0.05) is 25.4 Å². The van der Waals surface area contributed by atoms with Crippen LogP contribution in [0.1, 0.15) is 42.8 Å². The number of nitrogens with one attached hydrogen (secondary N) is 1. The van der Waals surface area contributed by atoms with Gasteiger partial charge in [0.25, 0.3) is 0 Å². The molecule has 2 rings (SSSR count). The van der Waals surface area contributed by atoms with Crippen LogP contribution in [0.5, 0.6) is 0 Å². The molecule has 0 aliphatic carbocycles. The molecule has 2 aromatic rings. The largest absolute Gasteiger partial charge is 0.313 e. The van der Waals surface area contributed by atoms with Crippen molar-refractivity contribution in [3.05, 3.63) is 45.7 Å². The second-order valence-corrected chi connectivity index (χ2v) is 5.80. The summed E-state index contributed by atoms with van der Waals surface area (Å²) in [6.07, 6.45) is 2.13. The molecule has 1 heterocycles. The van der Waals surface area contributed by atoms with E-state index in [0.717, 1.165) is 42.3 Å². The highest BCUT2D eigenvalue weighted by Gasteiger charge is 2.14. The molecule has 0 radical (unpaired) electrons. The van der Waals surface area contributed by atoms with Crippen molar-refractivity contribution in [2.24, 2.45) is 0 Å². The first-order valence-electron chi connectivity index (χ1n) is 7.63. The van der Waals surface area contributed by atoms with Gasteiger partial charge in [-0.15, -0.1) is 0 Å². The molecule has 1 aromatic carbocycles. The van der Waals surface area contributed by atoms with Crippen LogP contribution in [0.25, 0.3) is 5.69 Å². The lowest BCUT2D eigenvalue weighted by Gasteiger charge is -2.13. The molecule has 0 amide bonds. The van der Waals surface area contributed by atoms with Gasteiger partial charge in [-0.25, -0.2) is 4.68 Å². The highest BCUT2D eigenvalue weighted by atomic mass is 35.5. The van der Waals surface area contributed by atoms with Crippen molar-refractivity contribution in [3.8, 4) is 5.69 Å². The van der Waals surface area contributed by atoms with E-state index in [1.54, 1.807) is 0 Å². The molecule has 1 N–H and O–H groups in total. The highest BCUT2D eigenvalue weighted by molar-refractivity contribution is 6.30. The SMILES string of the molecule is CCCNCc1cc(Cl)ccc1-n1nc(C)c(CC)c1C. The number of aromatic nitrogens is 2. The summed E-state index contributed by atoms with van der Waals surface area (Å²) in [6.45, 7) is 10.4. The first-order valence-corrected chi connectivity index (χ1v) is 8.00. The molecule has 0 atom stereocenters. The van der Waals surface area contributed by atoms with Gasteiger partial charge in [0, 0.05) is 17.3 Å². The Balaban J connectivity index is 2.43. The number of aryl methyl sites for hydroxylation is 1. The normalized spacial score (nSPS) is 11.1. The van der Waals surface area contributed by atoms with Crippen LogP contribution in [0, 0.1) is 13.8 Å². The third-order valence-electron chi connectivity index (χ3n) is 3.81. The fourth-order valence-electron chi connectivity index (χ4n) is 2.72. The lowest BCUT2D eigenvalue weighted by molar-refractivity contribution is 0.669. The molecular formula is C17H24ClN3. The summed E-state index contributed by atoms with van der Waals surface area (Å²) < 4.78 is 2.05. The minimum Gasteiger partial charge on any atom is -0.313 e. The van der Waals surface area contributed by atoms with Crippen LogP contribution < -0.4 is 5.32 Å². The number of hydrogen-bond donors (Lipinski definition) is 1. The van der Waals surface area contributed by atoms with E-state index in [-0.39, 0.29) is 0 Å². The van der Waals surface area contributed by atoms with Crippen molar-refractivity contribution in [3.63, 3.8) is 0 Å². The van der Waals surface area contributed by atoms with Crippen LogP contribution in [-0.4, -0.2) is 16.3 Å². The molecule has 0 saturated heterocycles. The average molecular weight is 306 g/mol. The lowest BCUT2D eigenvalue weighted by atomic mass is 10.1. The van der Waals surface area contributed by atoms with Gasteiger partial charge in [-0.3, -0.25) is 0 Å². The standard InChI is InChI=1S/C17H24ClN3/c1-5-9-19-11-14-10-15(18)7-8-17(14)21-13(4)16(6-2)12(3)20-21/h7-8,10,19H,5-6,9,11H2,1-4H3. The van der Waals surface area contributed by atoms with E-state index < -0.39 is 0 Å². The molecule has 0 aliphatic heterocycles. The van der Waals surface area contributed by atoms with Gasteiger partial charge < -0.3 is 5.32 Å². The van der Waals surface area contributed by atoms with E-state index in [1.165, 1.54) is 16.8 Å². The third kappa shape index (κ3) is 3.47. The zero-order valence-corrected chi connectivity index (χ0v) is 14.1. The molecule has 0 saturated carbocycles. The van der Waals surface area contributed by atoms with E-state index in [4.69, 9.17) is 16.7 Å². The van der Waals surface area contributed by atoms with Crippen LogP contribution in [0.4, 0.5) is 0 Å². The summed E-state index contributed by atoms with van der Waals surface area (Å²) in [6, 6.07) is 6.02. The maximum absolute atomic E-state index is 6.16. The predicted octanol–water partition coefficient (Wildman–Crippen LogP) is 4.20. The van der Waals surface area contributed by atoms with Gasteiger partial charge in [-0.2, -0.15) is 5.10 Å². The van der Waals surface area contributed by atoms with Crippen molar-refractivity contribution < 1.29 is 0 Å². The average Bonchev–Trinajstić information content (AvgIpc) is 2.74. The first kappa shape index (κ1) is 16.1. The Bertz CT molecular complexity index is 617. The van der Waals surface area contributed by atoms with Crippen LogP contribution in [-0.2, 0) is 13.0 Å². The van der Waals surface area contributed by atoms with Crippen LogP contribution in [0.3, 0.4) is 0 Å². The van der Waals surface area contributed by atoms with Crippen molar-refractivity contribution in [2.45, 2.75) is 47.1 Å². The van der Waals surface area contributed by atoms with E-state index in [2.05, 4.69) is 39.1 Å². The summed E-state index contributed by atoms with van der Waals surface area (Å²) in [7, 11) is 0. The Hall–Kier alpha value is -1.32. The molecule has 114 valence electrons. The van der Waals surface area contributed by atoms with E-state index in [1.807, 2.05) is 16.8 Å². The molecule has 3 nitrogen and oxygen atoms in total. The van der Waals surface area contributed by atoms with E-state index >= 15 is 0 Å². The van der Waals surface area contributed by atoms with Crippen molar-refractivity contribution in [1.82, 2.24) is 15.1 Å². The fraction of sp³-hybridized carbons (Fsp3) is 0.471. The van der Waals surface area contributed by atoms with Gasteiger partial charge in [0.1, 0.15) is 0 Å². The Morgan fingerprint density at radius 1 is 1.24 bits per heavy atom. The quantitative estimate of drug-likeness (QED) is 0.810. The summed E-state index contributed by atoms with van der Waals surface area (Å²) in [5, 5.41) is 8.93. The first-order chi connectivity index (χ1) is 10.1. The third-order valence-corrected chi connectivity index (χ3v) is 4.04. The monoisotopic (exact) mass is 305 g/mol. The van der Waals surface area contributed by atoms with Crippen molar-refractivity contribution in [2.75, 3.05) is 6.54 Å². The van der Waals surface area contributed by atoms with Gasteiger partial charge in [0.15, 0.2) is 0 Å². The number of nitrogens with zero attached hydrogens (tertiary/aromatic N) is 2. The van der Waals surface area contributed by atoms with Crippen LogP contribution >= 0.6 is 11.6 Å². The summed E-state index contributed by atoms with van der Waals surface area (Å²) in [5.74, 6) is 0. The summed E-state index contributed by atoms with van der Waals surface area (Å²) >= 11 is 6.16. The van der Waals surface area contributed by atoms with E-state index in [0.29, 0.717) is 0 Å². The Morgan fingerprint density at radius 3 is 2.62 bits per heavy atom.